The van der Waals surface area contributed by atoms with E-state index in [0.717, 1.165) is 39.0 Å². The van der Waals surface area contributed by atoms with Crippen LogP contribution in [0.5, 0.6) is 0 Å². The van der Waals surface area contributed by atoms with Gasteiger partial charge in [0.2, 0.25) is 0 Å². The van der Waals surface area contributed by atoms with Gasteiger partial charge in [-0.15, -0.1) is 0 Å². The molecule has 0 atom stereocenters. The molecule has 2 heterocycles. The highest BCUT2D eigenvalue weighted by atomic mass is 16.6. The molecule has 0 unspecified atom stereocenters. The van der Waals surface area contributed by atoms with Gasteiger partial charge >= 0.3 is 6.09 Å². The number of hydrogen-bond donors (Lipinski definition) is 1. The molecule has 5 heteroatoms. The first-order valence-electron chi connectivity index (χ1n) is 7.27. The van der Waals surface area contributed by atoms with Crippen molar-refractivity contribution in [1.29, 1.82) is 0 Å². The maximum atomic E-state index is 12.0. The molecular weight excluding hydrogens is 242 g/mol. The van der Waals surface area contributed by atoms with Crippen molar-refractivity contribution in [1.82, 2.24) is 15.1 Å². The molecule has 1 amide bonds. The number of nitrogens with zero attached hydrogens (tertiary/aromatic N) is 2. The summed E-state index contributed by atoms with van der Waals surface area (Å²) < 4.78 is 5.42. The van der Waals surface area contributed by atoms with Crippen molar-refractivity contribution in [3.8, 4) is 0 Å². The number of rotatable bonds is 2. The SMILES string of the molecule is CN(C(=O)OC(C)(C)C)C1CCN(C2CNC2)CC1. The van der Waals surface area contributed by atoms with E-state index in [-0.39, 0.29) is 6.09 Å². The van der Waals surface area contributed by atoms with E-state index >= 15 is 0 Å². The third kappa shape index (κ3) is 3.83. The zero-order valence-electron chi connectivity index (χ0n) is 12.6. The molecule has 19 heavy (non-hydrogen) atoms. The molecule has 110 valence electrons. The fourth-order valence-electron chi connectivity index (χ4n) is 2.65. The Morgan fingerprint density at radius 2 is 1.84 bits per heavy atom. The summed E-state index contributed by atoms with van der Waals surface area (Å²) in [6, 6.07) is 1.03. The lowest BCUT2D eigenvalue weighted by molar-refractivity contribution is 0.0111. The summed E-state index contributed by atoms with van der Waals surface area (Å²) in [5, 5.41) is 3.31. The topological polar surface area (TPSA) is 44.8 Å². The lowest BCUT2D eigenvalue weighted by Gasteiger charge is -2.43. The van der Waals surface area contributed by atoms with Gasteiger partial charge in [0.1, 0.15) is 5.60 Å². The molecule has 0 aromatic heterocycles. The van der Waals surface area contributed by atoms with Crippen molar-refractivity contribution in [2.75, 3.05) is 33.2 Å². The first-order chi connectivity index (χ1) is 8.87. The average molecular weight is 269 g/mol. The van der Waals surface area contributed by atoms with Gasteiger partial charge in [-0.3, -0.25) is 4.90 Å². The van der Waals surface area contributed by atoms with E-state index in [0.29, 0.717) is 12.1 Å². The van der Waals surface area contributed by atoms with Crippen LogP contribution >= 0.6 is 0 Å². The number of carbonyl (C=O) groups is 1. The largest absolute Gasteiger partial charge is 0.444 e. The minimum atomic E-state index is -0.413. The van der Waals surface area contributed by atoms with Gasteiger partial charge in [-0.05, 0) is 33.6 Å². The van der Waals surface area contributed by atoms with Crippen molar-refractivity contribution in [3.05, 3.63) is 0 Å². The summed E-state index contributed by atoms with van der Waals surface area (Å²) in [6.07, 6.45) is 1.90. The third-order valence-corrected chi connectivity index (χ3v) is 4.00. The van der Waals surface area contributed by atoms with Crippen LogP contribution in [0.1, 0.15) is 33.6 Å². The van der Waals surface area contributed by atoms with Crippen molar-refractivity contribution in [2.24, 2.45) is 0 Å². The summed E-state index contributed by atoms with van der Waals surface area (Å²) in [5.41, 5.74) is -0.413. The highest BCUT2D eigenvalue weighted by Crippen LogP contribution is 2.20. The Labute approximate surface area is 116 Å². The van der Waals surface area contributed by atoms with Crippen LogP contribution in [0.3, 0.4) is 0 Å². The van der Waals surface area contributed by atoms with Gasteiger partial charge < -0.3 is 15.0 Å². The molecule has 0 aromatic rings. The normalized spacial score (nSPS) is 22.9. The number of amides is 1. The monoisotopic (exact) mass is 269 g/mol. The maximum absolute atomic E-state index is 12.0. The van der Waals surface area contributed by atoms with Crippen LogP contribution in [-0.2, 0) is 4.74 Å². The van der Waals surface area contributed by atoms with E-state index in [2.05, 4.69) is 10.2 Å². The van der Waals surface area contributed by atoms with E-state index in [4.69, 9.17) is 4.74 Å². The first kappa shape index (κ1) is 14.6. The fraction of sp³-hybridized carbons (Fsp3) is 0.929. The molecule has 0 aliphatic carbocycles. The second kappa shape index (κ2) is 5.67. The van der Waals surface area contributed by atoms with Gasteiger partial charge in [-0.25, -0.2) is 4.79 Å². The number of likely N-dealkylation sites (tertiary alicyclic amines) is 1. The van der Waals surface area contributed by atoms with E-state index in [1.807, 2.05) is 27.8 Å². The number of ether oxygens (including phenoxy) is 1. The second-order valence-corrected chi connectivity index (χ2v) is 6.67. The molecule has 0 aromatic carbocycles. The van der Waals surface area contributed by atoms with E-state index in [9.17, 15) is 4.79 Å². The zero-order chi connectivity index (χ0) is 14.0. The summed E-state index contributed by atoms with van der Waals surface area (Å²) in [6.45, 7) is 10.1. The molecule has 5 nitrogen and oxygen atoms in total. The Morgan fingerprint density at radius 1 is 1.26 bits per heavy atom. The standard InChI is InChI=1S/C14H27N3O2/c1-14(2,3)19-13(18)16(4)11-5-7-17(8-6-11)12-9-15-10-12/h11-12,15H,5-10H2,1-4H3. The number of carbonyl (C=O) groups excluding carboxylic acids is 1. The van der Waals surface area contributed by atoms with Crippen LogP contribution in [-0.4, -0.2) is 66.8 Å². The highest BCUT2D eigenvalue weighted by molar-refractivity contribution is 5.68. The van der Waals surface area contributed by atoms with E-state index in [1.165, 1.54) is 0 Å². The minimum Gasteiger partial charge on any atom is -0.444 e. The molecular formula is C14H27N3O2. The van der Waals surface area contributed by atoms with Gasteiger partial charge in [0.05, 0.1) is 0 Å². The molecule has 2 aliphatic rings. The van der Waals surface area contributed by atoms with Crippen molar-refractivity contribution < 1.29 is 9.53 Å². The Kier molecular flexibility index (Phi) is 4.36. The third-order valence-electron chi connectivity index (χ3n) is 4.00. The molecule has 0 spiro atoms. The molecule has 0 bridgehead atoms. The maximum Gasteiger partial charge on any atom is 0.410 e. The van der Waals surface area contributed by atoms with Gasteiger partial charge in [0, 0.05) is 45.3 Å². The summed E-state index contributed by atoms with van der Waals surface area (Å²) in [4.78, 5) is 16.3. The van der Waals surface area contributed by atoms with Crippen LogP contribution < -0.4 is 5.32 Å². The first-order valence-corrected chi connectivity index (χ1v) is 7.27. The lowest BCUT2D eigenvalue weighted by atomic mass is 10.0. The minimum absolute atomic E-state index is 0.198. The number of nitrogens with one attached hydrogen (secondary N) is 1. The van der Waals surface area contributed by atoms with Crippen molar-refractivity contribution in [2.45, 2.75) is 51.3 Å². The van der Waals surface area contributed by atoms with Crippen LogP contribution in [0.25, 0.3) is 0 Å². The molecule has 2 saturated heterocycles. The van der Waals surface area contributed by atoms with Gasteiger partial charge in [0.15, 0.2) is 0 Å². The molecule has 2 rings (SSSR count). The van der Waals surface area contributed by atoms with Gasteiger partial charge in [0.25, 0.3) is 0 Å². The molecule has 0 saturated carbocycles. The van der Waals surface area contributed by atoms with Crippen LogP contribution in [0.4, 0.5) is 4.79 Å². The van der Waals surface area contributed by atoms with Crippen LogP contribution in [0, 0.1) is 0 Å². The van der Waals surface area contributed by atoms with Crippen LogP contribution in [0.15, 0.2) is 0 Å². The predicted octanol–water partition coefficient (Wildman–Crippen LogP) is 1.29. The molecule has 1 N–H and O–H groups in total. The molecule has 2 fully saturated rings. The van der Waals surface area contributed by atoms with Gasteiger partial charge in [-0.2, -0.15) is 0 Å². The second-order valence-electron chi connectivity index (χ2n) is 6.67. The Morgan fingerprint density at radius 3 is 2.26 bits per heavy atom. The Balaban J connectivity index is 1.78. The van der Waals surface area contributed by atoms with E-state index < -0.39 is 5.60 Å². The van der Waals surface area contributed by atoms with Crippen molar-refractivity contribution >= 4 is 6.09 Å². The average Bonchev–Trinajstić information content (AvgIpc) is 2.24. The number of piperidine rings is 1. The molecule has 2 aliphatic heterocycles. The molecule has 0 radical (unpaired) electrons. The van der Waals surface area contributed by atoms with E-state index in [1.54, 1.807) is 4.90 Å². The van der Waals surface area contributed by atoms with Crippen LogP contribution in [0.2, 0.25) is 0 Å². The lowest BCUT2D eigenvalue weighted by Crippen LogP contribution is -2.60. The summed E-state index contributed by atoms with van der Waals surface area (Å²) >= 11 is 0. The highest BCUT2D eigenvalue weighted by Gasteiger charge is 2.32. The quantitative estimate of drug-likeness (QED) is 0.820. The summed E-state index contributed by atoms with van der Waals surface area (Å²) in [7, 11) is 1.86. The van der Waals surface area contributed by atoms with Gasteiger partial charge in [-0.1, -0.05) is 0 Å². The predicted molar refractivity (Wildman–Crippen MR) is 75.2 cm³/mol. The summed E-state index contributed by atoms with van der Waals surface area (Å²) in [5.74, 6) is 0. The number of hydrogen-bond acceptors (Lipinski definition) is 4. The Bertz CT molecular complexity index is 315. The Hall–Kier alpha value is -0.810. The smallest absolute Gasteiger partial charge is 0.410 e. The zero-order valence-corrected chi connectivity index (χ0v) is 12.6. The fourth-order valence-corrected chi connectivity index (χ4v) is 2.65. The van der Waals surface area contributed by atoms with Crippen molar-refractivity contribution in [3.63, 3.8) is 0 Å².